The second kappa shape index (κ2) is 15.7. The molecule has 7 aromatic rings. The van der Waals surface area contributed by atoms with Gasteiger partial charge in [-0.15, -0.1) is 0 Å². The van der Waals surface area contributed by atoms with Gasteiger partial charge in [0.05, 0.1) is 5.56 Å². The number of hydrogen-bond acceptors (Lipinski definition) is 4. The lowest BCUT2D eigenvalue weighted by Gasteiger charge is -2.40. The van der Waals surface area contributed by atoms with Crippen LogP contribution in [0.1, 0.15) is 103 Å². The van der Waals surface area contributed by atoms with E-state index in [9.17, 15) is 19.5 Å². The van der Waals surface area contributed by atoms with Crippen molar-refractivity contribution < 1.29 is 24.2 Å². The standard InChI is InChI=1S/C52H50N2O5/c1-30-15-13-19-40-42(27-37-28-43(50(56)57)41-20-14-16-31(2)45(41)46(37)44(30)40)49(55)53-47-32(3)23-38(24-33(47)4)52(21-11-8-12-22-52)39-25-34(5)48(35(6)26-39)54-51(58)59-29-36-17-9-7-10-18-36/h7,9-10,13-20,23-28H,8,11-12,21-22,29H2,1-6H3,(H,53,55)(H,54,58)(H,56,57). The molecule has 0 spiro atoms. The van der Waals surface area contributed by atoms with Gasteiger partial charge in [0, 0.05) is 22.4 Å². The topological polar surface area (TPSA) is 105 Å². The Kier molecular flexibility index (Phi) is 10.5. The molecule has 298 valence electrons. The molecule has 0 radical (unpaired) electrons. The summed E-state index contributed by atoms with van der Waals surface area (Å²) in [7, 11) is 0. The van der Waals surface area contributed by atoms with Crippen LogP contribution in [0, 0.1) is 41.5 Å². The molecule has 0 heterocycles. The number of rotatable bonds is 8. The van der Waals surface area contributed by atoms with Crippen molar-refractivity contribution >= 4 is 61.7 Å². The SMILES string of the molecule is Cc1cc(C2(c3cc(C)c(NC(=O)c4cc5cc(C(=O)O)c6cccc(C)c6c5c5c(C)cccc45)c(C)c3)CCCCC2)cc(C)c1NC(=O)OCc1ccccc1. The molecular weight excluding hydrogens is 733 g/mol. The zero-order chi connectivity index (χ0) is 41.6. The Labute approximate surface area is 345 Å². The number of aryl methyl sites for hydroxylation is 6. The lowest BCUT2D eigenvalue weighted by molar-refractivity contribution is 0.0699. The van der Waals surface area contributed by atoms with Crippen molar-refractivity contribution in [3.63, 3.8) is 0 Å². The van der Waals surface area contributed by atoms with Gasteiger partial charge in [0.1, 0.15) is 6.61 Å². The summed E-state index contributed by atoms with van der Waals surface area (Å²) in [5.41, 5.74) is 11.3. The quantitative estimate of drug-likeness (QED) is 0.133. The van der Waals surface area contributed by atoms with E-state index in [1.807, 2.05) is 100 Å². The van der Waals surface area contributed by atoms with E-state index in [0.29, 0.717) is 10.9 Å². The predicted molar refractivity (Wildman–Crippen MR) is 239 cm³/mol. The Morgan fingerprint density at radius 1 is 0.576 bits per heavy atom. The lowest BCUT2D eigenvalue weighted by Crippen LogP contribution is -2.31. The van der Waals surface area contributed by atoms with E-state index in [-0.39, 0.29) is 23.5 Å². The third kappa shape index (κ3) is 7.20. The van der Waals surface area contributed by atoms with E-state index in [2.05, 4.69) is 48.7 Å². The molecule has 0 aromatic heterocycles. The van der Waals surface area contributed by atoms with Crippen LogP contribution in [0.4, 0.5) is 16.2 Å². The highest BCUT2D eigenvalue weighted by Gasteiger charge is 2.37. The summed E-state index contributed by atoms with van der Waals surface area (Å²) < 4.78 is 5.55. The van der Waals surface area contributed by atoms with E-state index in [1.54, 1.807) is 6.07 Å². The molecule has 0 bridgehead atoms. The predicted octanol–water partition coefficient (Wildman–Crippen LogP) is 12.9. The van der Waals surface area contributed by atoms with Crippen LogP contribution in [0.3, 0.4) is 0 Å². The number of carboxylic acid groups (broad SMARTS) is 1. The number of benzene rings is 7. The Morgan fingerprint density at radius 2 is 1.08 bits per heavy atom. The summed E-state index contributed by atoms with van der Waals surface area (Å²) in [5.74, 6) is -1.25. The van der Waals surface area contributed by atoms with Crippen LogP contribution in [0.5, 0.6) is 0 Å². The van der Waals surface area contributed by atoms with Crippen LogP contribution in [0.15, 0.2) is 103 Å². The van der Waals surface area contributed by atoms with Crippen LogP contribution in [0.2, 0.25) is 0 Å². The number of aromatic carboxylic acids is 1. The monoisotopic (exact) mass is 782 g/mol. The number of carbonyl (C=O) groups is 3. The Morgan fingerprint density at radius 3 is 1.63 bits per heavy atom. The maximum atomic E-state index is 14.5. The van der Waals surface area contributed by atoms with Gasteiger partial charge >= 0.3 is 12.1 Å². The van der Waals surface area contributed by atoms with Crippen LogP contribution >= 0.6 is 0 Å². The number of nitrogens with one attached hydrogen (secondary N) is 2. The highest BCUT2D eigenvalue weighted by Crippen LogP contribution is 2.48. The van der Waals surface area contributed by atoms with E-state index < -0.39 is 12.1 Å². The van der Waals surface area contributed by atoms with Crippen LogP contribution in [-0.4, -0.2) is 23.1 Å². The van der Waals surface area contributed by atoms with Gasteiger partial charge in [0.2, 0.25) is 0 Å². The van der Waals surface area contributed by atoms with Crippen molar-refractivity contribution in [1.29, 1.82) is 0 Å². The van der Waals surface area contributed by atoms with Crippen LogP contribution in [0.25, 0.3) is 32.3 Å². The first kappa shape index (κ1) is 39.4. The lowest BCUT2D eigenvalue weighted by atomic mass is 9.64. The van der Waals surface area contributed by atoms with Gasteiger partial charge in [-0.05, 0) is 149 Å². The highest BCUT2D eigenvalue weighted by atomic mass is 16.5. The van der Waals surface area contributed by atoms with Gasteiger partial charge in [-0.2, -0.15) is 0 Å². The number of anilines is 2. The van der Waals surface area contributed by atoms with Gasteiger partial charge < -0.3 is 15.2 Å². The van der Waals surface area contributed by atoms with E-state index in [1.165, 1.54) is 17.5 Å². The maximum absolute atomic E-state index is 14.5. The fraction of sp³-hybridized carbons (Fsp3) is 0.250. The molecule has 1 aliphatic rings. The van der Waals surface area contributed by atoms with Gasteiger partial charge in [-0.25, -0.2) is 9.59 Å². The van der Waals surface area contributed by atoms with Crippen molar-refractivity contribution in [1.82, 2.24) is 0 Å². The van der Waals surface area contributed by atoms with Crippen molar-refractivity contribution in [3.05, 3.63) is 164 Å². The number of amides is 2. The molecule has 59 heavy (non-hydrogen) atoms. The molecule has 1 fully saturated rings. The fourth-order valence-corrected chi connectivity index (χ4v) is 9.69. The molecule has 0 aliphatic heterocycles. The molecule has 2 amide bonds. The summed E-state index contributed by atoms with van der Waals surface area (Å²) in [5, 5.41) is 21.6. The zero-order valence-corrected chi connectivity index (χ0v) is 34.6. The molecule has 1 aliphatic carbocycles. The van der Waals surface area contributed by atoms with Crippen LogP contribution < -0.4 is 10.6 Å². The summed E-state index contributed by atoms with van der Waals surface area (Å²) in [6, 6.07) is 33.9. The Balaban J connectivity index is 1.14. The minimum Gasteiger partial charge on any atom is -0.478 e. The van der Waals surface area contributed by atoms with Gasteiger partial charge in [0.25, 0.3) is 5.91 Å². The third-order valence-electron chi connectivity index (χ3n) is 12.5. The fourth-order valence-electron chi connectivity index (χ4n) is 9.69. The Bertz CT molecular complexity index is 2790. The first-order valence-corrected chi connectivity index (χ1v) is 20.5. The Hall–Kier alpha value is -6.47. The minimum absolute atomic E-state index is 0.199. The van der Waals surface area contributed by atoms with E-state index >= 15 is 0 Å². The number of carbonyl (C=O) groups excluding carboxylic acids is 2. The van der Waals surface area contributed by atoms with Crippen molar-refractivity contribution in [2.45, 2.75) is 85.7 Å². The summed E-state index contributed by atoms with van der Waals surface area (Å²) in [6.07, 6.45) is 4.90. The molecule has 0 atom stereocenters. The summed E-state index contributed by atoms with van der Waals surface area (Å²) in [6.45, 7) is 12.4. The van der Waals surface area contributed by atoms with E-state index in [0.717, 1.165) is 103 Å². The van der Waals surface area contributed by atoms with Crippen molar-refractivity contribution in [3.8, 4) is 0 Å². The van der Waals surface area contributed by atoms with Gasteiger partial charge in [-0.1, -0.05) is 110 Å². The second-order valence-corrected chi connectivity index (χ2v) is 16.5. The largest absolute Gasteiger partial charge is 0.478 e. The summed E-state index contributed by atoms with van der Waals surface area (Å²) >= 11 is 0. The number of fused-ring (bicyclic) bond motifs is 5. The molecule has 3 N–H and O–H groups in total. The average Bonchev–Trinajstić information content (AvgIpc) is 3.22. The first-order valence-electron chi connectivity index (χ1n) is 20.5. The third-order valence-corrected chi connectivity index (χ3v) is 12.5. The van der Waals surface area contributed by atoms with Gasteiger partial charge in [-0.3, -0.25) is 10.1 Å². The molecule has 7 heteroatoms. The average molecular weight is 783 g/mol. The van der Waals surface area contributed by atoms with Crippen molar-refractivity contribution in [2.75, 3.05) is 10.6 Å². The molecule has 7 nitrogen and oxygen atoms in total. The molecule has 7 aromatic carbocycles. The maximum Gasteiger partial charge on any atom is 0.411 e. The minimum atomic E-state index is -1.00. The van der Waals surface area contributed by atoms with E-state index in [4.69, 9.17) is 4.74 Å². The molecule has 1 saturated carbocycles. The van der Waals surface area contributed by atoms with Gasteiger partial charge in [0.15, 0.2) is 0 Å². The second-order valence-electron chi connectivity index (χ2n) is 16.5. The number of ether oxygens (including phenoxy) is 1. The normalized spacial score (nSPS) is 13.7. The number of carboxylic acids is 1. The summed E-state index contributed by atoms with van der Waals surface area (Å²) in [4.78, 5) is 40.0. The molecule has 0 saturated heterocycles. The highest BCUT2D eigenvalue weighted by molar-refractivity contribution is 6.29. The molecule has 0 unspecified atom stereocenters. The molecular formula is C52H50N2O5. The first-order chi connectivity index (χ1) is 28.4. The molecule has 8 rings (SSSR count). The zero-order valence-electron chi connectivity index (χ0n) is 34.6. The smallest absolute Gasteiger partial charge is 0.411 e. The number of hydrogen-bond donors (Lipinski definition) is 3. The van der Waals surface area contributed by atoms with Crippen LogP contribution in [-0.2, 0) is 16.8 Å². The van der Waals surface area contributed by atoms with Crippen molar-refractivity contribution in [2.24, 2.45) is 0 Å².